The summed E-state index contributed by atoms with van der Waals surface area (Å²) in [6, 6.07) is 3.29. The number of hydrogen-bond donors (Lipinski definition) is 1. The highest BCUT2D eigenvalue weighted by Crippen LogP contribution is 2.33. The van der Waals surface area contributed by atoms with E-state index in [4.69, 9.17) is 19.9 Å². The third kappa shape index (κ3) is 9.45. The predicted molar refractivity (Wildman–Crippen MR) is 105 cm³/mol. The summed E-state index contributed by atoms with van der Waals surface area (Å²) in [6.45, 7) is 2.20. The Morgan fingerprint density at radius 3 is 2.03 bits per heavy atom. The Morgan fingerprint density at radius 2 is 1.63 bits per heavy atom. The first-order valence-corrected chi connectivity index (χ1v) is 10.8. The van der Waals surface area contributed by atoms with E-state index in [9.17, 15) is 40.8 Å². The molecule has 196 valence electrons. The Labute approximate surface area is 196 Å². The highest BCUT2D eigenvalue weighted by molar-refractivity contribution is 7.87. The van der Waals surface area contributed by atoms with Crippen LogP contribution in [0.5, 0.6) is 0 Å². The number of aromatic nitrogens is 1. The van der Waals surface area contributed by atoms with Crippen LogP contribution in [0.1, 0.15) is 31.1 Å². The number of nitrogens with zero attached hydrogens (tertiary/aromatic N) is 1. The molecule has 0 spiro atoms. The number of rotatable bonds is 7. The molecule has 1 amide bonds. The van der Waals surface area contributed by atoms with Gasteiger partial charge in [0.05, 0.1) is 5.56 Å². The van der Waals surface area contributed by atoms with Crippen molar-refractivity contribution in [2.24, 2.45) is 5.73 Å². The van der Waals surface area contributed by atoms with Gasteiger partial charge in [0.15, 0.2) is 12.2 Å². The minimum absolute atomic E-state index is 0.442. The van der Waals surface area contributed by atoms with Crippen LogP contribution in [-0.4, -0.2) is 73.9 Å². The fourth-order valence-electron chi connectivity index (χ4n) is 2.44. The number of hydrogen-bond acceptors (Lipinski definition) is 12. The molecule has 0 unspecified atom stereocenters. The predicted octanol–water partition coefficient (Wildman–Crippen LogP) is 0.185. The molecule has 2 N–H and O–H groups in total. The number of ether oxygens (including phenoxy) is 4. The van der Waals surface area contributed by atoms with Crippen molar-refractivity contribution in [2.45, 2.75) is 50.9 Å². The van der Waals surface area contributed by atoms with E-state index in [1.807, 2.05) is 0 Å². The van der Waals surface area contributed by atoms with E-state index in [0.29, 0.717) is 5.56 Å². The Kier molecular flexibility index (Phi) is 10.5. The highest BCUT2D eigenvalue weighted by atomic mass is 32.2. The molecule has 17 heteroatoms. The first-order chi connectivity index (χ1) is 16.0. The average Bonchev–Trinajstić information content (AvgIpc) is 3.01. The number of carbonyl (C=O) groups is 4. The van der Waals surface area contributed by atoms with Gasteiger partial charge in [-0.15, -0.1) is 0 Å². The Hall–Kier alpha value is -3.31. The number of alkyl halides is 3. The fourth-order valence-corrected chi connectivity index (χ4v) is 2.96. The molecule has 0 aromatic carbocycles. The third-order valence-corrected chi connectivity index (χ3v) is 4.78. The van der Waals surface area contributed by atoms with E-state index < -0.39 is 70.7 Å². The minimum Gasteiger partial charge on any atom is -0.463 e. The first kappa shape index (κ1) is 29.7. The van der Waals surface area contributed by atoms with Crippen molar-refractivity contribution in [3.63, 3.8) is 0 Å². The number of esters is 3. The molecule has 1 fully saturated rings. The first-order valence-electron chi connectivity index (χ1n) is 9.37. The zero-order chi connectivity index (χ0) is 27.0. The van der Waals surface area contributed by atoms with Crippen LogP contribution in [0, 0.1) is 0 Å². The zero-order valence-corrected chi connectivity index (χ0v) is 19.2. The van der Waals surface area contributed by atoms with Crippen LogP contribution in [0.4, 0.5) is 13.2 Å². The molecule has 0 bridgehead atoms. The Bertz CT molecular complexity index is 1020. The van der Waals surface area contributed by atoms with Gasteiger partial charge in [-0.05, 0) is 12.1 Å². The van der Waals surface area contributed by atoms with Gasteiger partial charge in [0.25, 0.3) is 0 Å². The van der Waals surface area contributed by atoms with Gasteiger partial charge < -0.3 is 24.7 Å². The van der Waals surface area contributed by atoms with Crippen LogP contribution in [-0.2, 0) is 47.6 Å². The van der Waals surface area contributed by atoms with Gasteiger partial charge in [0.2, 0.25) is 12.2 Å². The van der Waals surface area contributed by atoms with Crippen LogP contribution in [0.15, 0.2) is 24.5 Å². The van der Waals surface area contributed by atoms with E-state index in [2.05, 4.69) is 13.9 Å². The maximum atomic E-state index is 12.5. The molecule has 4 atom stereocenters. The Morgan fingerprint density at radius 1 is 1.06 bits per heavy atom. The molecule has 0 aliphatic carbocycles. The lowest BCUT2D eigenvalue weighted by molar-refractivity contribution is -0.172. The second-order valence-corrected chi connectivity index (χ2v) is 8.16. The van der Waals surface area contributed by atoms with Crippen molar-refractivity contribution in [1.82, 2.24) is 4.98 Å². The summed E-state index contributed by atoms with van der Waals surface area (Å²) < 4.78 is 82.9. The summed E-state index contributed by atoms with van der Waals surface area (Å²) in [7, 11) is -6.12. The molecule has 1 aromatic rings. The number of primary amides is 1. The van der Waals surface area contributed by atoms with Crippen molar-refractivity contribution >= 4 is 33.9 Å². The van der Waals surface area contributed by atoms with E-state index in [1.165, 1.54) is 6.20 Å². The SMILES string of the molecule is CC(=O)OC[C@H]1O[C@@H](OS(=O)(=O)C(F)(F)F)[C@H](OC(C)=O)[C@@H]1OC(C)=O.NC(=O)c1cccnc1. The second-order valence-electron chi connectivity index (χ2n) is 6.60. The number of amides is 1. The lowest BCUT2D eigenvalue weighted by atomic mass is 10.1. The smallest absolute Gasteiger partial charge is 0.463 e. The van der Waals surface area contributed by atoms with E-state index in [-0.39, 0.29) is 0 Å². The van der Waals surface area contributed by atoms with Crippen LogP contribution >= 0.6 is 0 Å². The molecule has 0 saturated carbocycles. The molecular weight excluding hydrogens is 509 g/mol. The maximum Gasteiger partial charge on any atom is 0.523 e. The van der Waals surface area contributed by atoms with Crippen molar-refractivity contribution in [1.29, 1.82) is 0 Å². The number of nitrogens with two attached hydrogens (primary N) is 1. The standard InChI is InChI=1S/C12H15F3O10S.C6H6N2O/c1-5(16)21-4-8-9(22-6(2)17)10(23-7(3)18)11(24-8)25-26(19,20)12(13,14)15;7-6(9)5-2-1-3-8-4-5/h8-11H,4H2,1-3H3;1-4H,(H2,7,9)/t8-,9-,10-,11+;/m1./s1. The van der Waals surface area contributed by atoms with Gasteiger partial charge in [0.1, 0.15) is 12.7 Å². The van der Waals surface area contributed by atoms with E-state index in [0.717, 1.165) is 20.8 Å². The van der Waals surface area contributed by atoms with Crippen molar-refractivity contribution in [3.8, 4) is 0 Å². The van der Waals surface area contributed by atoms with Crippen LogP contribution < -0.4 is 5.73 Å². The van der Waals surface area contributed by atoms with Crippen LogP contribution in [0.25, 0.3) is 0 Å². The molecule has 2 heterocycles. The topological polar surface area (TPSA) is 187 Å². The van der Waals surface area contributed by atoms with Gasteiger partial charge in [-0.3, -0.25) is 24.2 Å². The van der Waals surface area contributed by atoms with E-state index >= 15 is 0 Å². The van der Waals surface area contributed by atoms with E-state index in [1.54, 1.807) is 18.3 Å². The number of carbonyl (C=O) groups excluding carboxylic acids is 4. The summed E-state index contributed by atoms with van der Waals surface area (Å²) in [4.78, 5) is 47.4. The monoisotopic (exact) mass is 530 g/mol. The molecule has 35 heavy (non-hydrogen) atoms. The second kappa shape index (κ2) is 12.4. The molecule has 1 aromatic heterocycles. The summed E-state index contributed by atoms with van der Waals surface area (Å²) in [5.74, 6) is -3.22. The molecule has 1 aliphatic heterocycles. The molecular formula is C18H21F3N2O11S. The molecule has 0 radical (unpaired) electrons. The minimum atomic E-state index is -6.12. The summed E-state index contributed by atoms with van der Waals surface area (Å²) in [5, 5.41) is 0. The zero-order valence-electron chi connectivity index (χ0n) is 18.4. The third-order valence-electron chi connectivity index (χ3n) is 3.77. The lowest BCUT2D eigenvalue weighted by Gasteiger charge is -2.23. The summed E-state index contributed by atoms with van der Waals surface area (Å²) >= 11 is 0. The highest BCUT2D eigenvalue weighted by Gasteiger charge is 2.56. The van der Waals surface area contributed by atoms with Gasteiger partial charge in [-0.2, -0.15) is 21.6 Å². The van der Waals surface area contributed by atoms with Crippen molar-refractivity contribution < 1.29 is 63.9 Å². The Balaban J connectivity index is 0.000000566. The maximum absolute atomic E-state index is 12.5. The van der Waals surface area contributed by atoms with Gasteiger partial charge >= 0.3 is 33.5 Å². The van der Waals surface area contributed by atoms with Gasteiger partial charge in [-0.25, -0.2) is 4.18 Å². The quantitative estimate of drug-likeness (QED) is 0.218. The van der Waals surface area contributed by atoms with Crippen LogP contribution in [0.2, 0.25) is 0 Å². The molecule has 1 saturated heterocycles. The molecule has 2 rings (SSSR count). The van der Waals surface area contributed by atoms with Crippen molar-refractivity contribution in [2.75, 3.05) is 6.61 Å². The van der Waals surface area contributed by atoms with Crippen molar-refractivity contribution in [3.05, 3.63) is 30.1 Å². The molecule has 1 aliphatic rings. The molecule has 13 nitrogen and oxygen atoms in total. The lowest BCUT2D eigenvalue weighted by Crippen LogP contribution is -2.43. The normalized spacial score (nSPS) is 21.8. The average molecular weight is 530 g/mol. The van der Waals surface area contributed by atoms with Gasteiger partial charge in [0, 0.05) is 33.2 Å². The summed E-state index contributed by atoms with van der Waals surface area (Å²) in [6.07, 6.45) is -4.14. The largest absolute Gasteiger partial charge is 0.523 e. The van der Waals surface area contributed by atoms with Gasteiger partial charge in [-0.1, -0.05) is 0 Å². The number of halogens is 3. The summed E-state index contributed by atoms with van der Waals surface area (Å²) in [5.41, 5.74) is -0.399. The number of pyridine rings is 1. The fraction of sp³-hybridized carbons (Fsp3) is 0.500. The van der Waals surface area contributed by atoms with Crippen LogP contribution in [0.3, 0.4) is 0 Å².